The van der Waals surface area contributed by atoms with Gasteiger partial charge in [0.05, 0.1) is 18.7 Å². The molecule has 0 saturated carbocycles. The Bertz CT molecular complexity index is 708. The van der Waals surface area contributed by atoms with E-state index in [1.807, 2.05) is 0 Å². The maximum atomic E-state index is 13.5. The Morgan fingerprint density at radius 1 is 1.26 bits per heavy atom. The molecule has 0 unspecified atom stereocenters. The summed E-state index contributed by atoms with van der Waals surface area (Å²) in [5.41, 5.74) is 0.371. The van der Waals surface area contributed by atoms with Gasteiger partial charge < -0.3 is 10.1 Å². The number of aromatic nitrogens is 2. The summed E-state index contributed by atoms with van der Waals surface area (Å²) in [5.74, 6) is -1.29. The minimum atomic E-state index is -0.905. The molecule has 2 heterocycles. The number of morpholine rings is 1. The molecule has 0 atom stereocenters. The third kappa shape index (κ3) is 3.40. The van der Waals surface area contributed by atoms with Gasteiger partial charge in [0.25, 0.3) is 0 Å². The highest BCUT2D eigenvalue weighted by atomic mass is 19.2. The average Bonchev–Trinajstić information content (AvgIpc) is 2.50. The van der Waals surface area contributed by atoms with Crippen molar-refractivity contribution in [2.75, 3.05) is 38.2 Å². The summed E-state index contributed by atoms with van der Waals surface area (Å²) in [6.07, 6.45) is 1.35. The van der Waals surface area contributed by atoms with Gasteiger partial charge in [-0.1, -0.05) is 0 Å². The maximum Gasteiger partial charge on any atom is 0.161 e. The first-order chi connectivity index (χ1) is 11.0. The van der Waals surface area contributed by atoms with Gasteiger partial charge in [-0.25, -0.2) is 18.7 Å². The summed E-state index contributed by atoms with van der Waals surface area (Å²) in [5, 5.41) is 3.68. The van der Waals surface area contributed by atoms with Gasteiger partial charge in [0.1, 0.15) is 12.1 Å². The van der Waals surface area contributed by atoms with E-state index in [4.69, 9.17) is 4.74 Å². The van der Waals surface area contributed by atoms with E-state index in [0.717, 1.165) is 31.8 Å². The highest BCUT2D eigenvalue weighted by Crippen LogP contribution is 2.22. The van der Waals surface area contributed by atoms with Gasteiger partial charge in [0.2, 0.25) is 0 Å². The molecule has 0 radical (unpaired) electrons. The van der Waals surface area contributed by atoms with Gasteiger partial charge in [-0.05, 0) is 19.9 Å². The Hall–Kier alpha value is -1.86. The van der Waals surface area contributed by atoms with Crippen molar-refractivity contribution in [1.29, 1.82) is 0 Å². The molecule has 0 spiro atoms. The molecule has 1 aliphatic heterocycles. The van der Waals surface area contributed by atoms with Crippen molar-refractivity contribution in [2.45, 2.75) is 19.4 Å². The predicted molar refractivity (Wildman–Crippen MR) is 84.4 cm³/mol. The Kier molecular flexibility index (Phi) is 4.41. The lowest BCUT2D eigenvalue weighted by Crippen LogP contribution is -2.54. The fourth-order valence-corrected chi connectivity index (χ4v) is 2.81. The van der Waals surface area contributed by atoms with Crippen LogP contribution in [0.25, 0.3) is 10.9 Å². The van der Waals surface area contributed by atoms with Gasteiger partial charge in [-0.3, -0.25) is 4.90 Å². The molecule has 7 heteroatoms. The maximum absolute atomic E-state index is 13.5. The number of nitrogens with one attached hydrogen (secondary N) is 1. The van der Waals surface area contributed by atoms with E-state index >= 15 is 0 Å². The van der Waals surface area contributed by atoms with E-state index in [0.29, 0.717) is 29.9 Å². The zero-order valence-electron chi connectivity index (χ0n) is 13.3. The van der Waals surface area contributed by atoms with Crippen molar-refractivity contribution in [3.8, 4) is 0 Å². The minimum Gasteiger partial charge on any atom is -0.378 e. The van der Waals surface area contributed by atoms with Crippen LogP contribution < -0.4 is 5.32 Å². The molecular formula is C16H20F2N4O. The molecule has 2 aromatic rings. The quantitative estimate of drug-likeness (QED) is 0.937. The van der Waals surface area contributed by atoms with E-state index < -0.39 is 11.6 Å². The summed E-state index contributed by atoms with van der Waals surface area (Å²) < 4.78 is 32.3. The summed E-state index contributed by atoms with van der Waals surface area (Å²) in [6, 6.07) is 2.22. The van der Waals surface area contributed by atoms with Crippen LogP contribution in [0, 0.1) is 11.6 Å². The number of ether oxygens (including phenoxy) is 1. The van der Waals surface area contributed by atoms with Crippen LogP contribution >= 0.6 is 0 Å². The lowest BCUT2D eigenvalue weighted by Gasteiger charge is -2.42. The molecule has 1 aromatic carbocycles. The summed E-state index contributed by atoms with van der Waals surface area (Å²) >= 11 is 0. The zero-order chi connectivity index (χ0) is 16.4. The smallest absolute Gasteiger partial charge is 0.161 e. The van der Waals surface area contributed by atoms with Crippen molar-refractivity contribution < 1.29 is 13.5 Å². The standard InChI is InChI=1S/C16H20F2N4O/c1-16(2)9-23-6-5-22(16)4-3-19-15-11-7-12(17)13(18)8-14(11)20-10-21-15/h7-8,10H,3-6,9H2,1-2H3,(H,19,20,21). The molecular weight excluding hydrogens is 302 g/mol. The van der Waals surface area contributed by atoms with Crippen LogP contribution in [0.5, 0.6) is 0 Å². The molecule has 0 bridgehead atoms. The van der Waals surface area contributed by atoms with E-state index in [1.54, 1.807) is 0 Å². The lowest BCUT2D eigenvalue weighted by atomic mass is 10.0. The number of anilines is 1. The largest absolute Gasteiger partial charge is 0.378 e. The van der Waals surface area contributed by atoms with Crippen LogP contribution in [0.1, 0.15) is 13.8 Å². The minimum absolute atomic E-state index is 0.0110. The number of halogens is 2. The molecule has 0 aliphatic carbocycles. The Morgan fingerprint density at radius 2 is 2.04 bits per heavy atom. The molecule has 1 saturated heterocycles. The number of rotatable bonds is 4. The average molecular weight is 322 g/mol. The monoisotopic (exact) mass is 322 g/mol. The van der Waals surface area contributed by atoms with E-state index in [9.17, 15) is 8.78 Å². The van der Waals surface area contributed by atoms with Crippen molar-refractivity contribution in [3.63, 3.8) is 0 Å². The summed E-state index contributed by atoms with van der Waals surface area (Å²) in [6.45, 7) is 8.05. The first kappa shape index (κ1) is 16.0. The van der Waals surface area contributed by atoms with Crippen molar-refractivity contribution in [1.82, 2.24) is 14.9 Å². The molecule has 0 amide bonds. The fourth-order valence-electron chi connectivity index (χ4n) is 2.81. The zero-order valence-corrected chi connectivity index (χ0v) is 13.3. The van der Waals surface area contributed by atoms with Gasteiger partial charge >= 0.3 is 0 Å². The van der Waals surface area contributed by atoms with E-state index in [2.05, 4.69) is 34.0 Å². The molecule has 3 rings (SSSR count). The van der Waals surface area contributed by atoms with E-state index in [1.165, 1.54) is 6.33 Å². The second kappa shape index (κ2) is 6.33. The van der Waals surface area contributed by atoms with Crippen molar-refractivity contribution in [3.05, 3.63) is 30.1 Å². The molecule has 23 heavy (non-hydrogen) atoms. The lowest BCUT2D eigenvalue weighted by molar-refractivity contribution is -0.0487. The summed E-state index contributed by atoms with van der Waals surface area (Å²) in [7, 11) is 0. The Labute approximate surface area is 133 Å². The summed E-state index contributed by atoms with van der Waals surface area (Å²) in [4.78, 5) is 10.5. The SMILES string of the molecule is CC1(C)COCCN1CCNc1ncnc2cc(F)c(F)cc12. The normalized spacial score (nSPS) is 18.3. The number of nitrogens with zero attached hydrogens (tertiary/aromatic N) is 3. The third-order valence-corrected chi connectivity index (χ3v) is 4.17. The molecule has 1 fully saturated rings. The molecule has 1 N–H and O–H groups in total. The molecule has 1 aliphatic rings. The Morgan fingerprint density at radius 3 is 2.83 bits per heavy atom. The van der Waals surface area contributed by atoms with Gasteiger partial charge in [-0.15, -0.1) is 0 Å². The van der Waals surface area contributed by atoms with Crippen LogP contribution in [0.15, 0.2) is 18.5 Å². The van der Waals surface area contributed by atoms with Crippen LogP contribution in [0.4, 0.5) is 14.6 Å². The van der Waals surface area contributed by atoms with Gasteiger partial charge in [-0.2, -0.15) is 0 Å². The van der Waals surface area contributed by atoms with E-state index in [-0.39, 0.29) is 5.54 Å². The second-order valence-electron chi connectivity index (χ2n) is 6.28. The molecule has 1 aromatic heterocycles. The number of hydrogen-bond acceptors (Lipinski definition) is 5. The number of hydrogen-bond donors (Lipinski definition) is 1. The highest BCUT2D eigenvalue weighted by molar-refractivity contribution is 5.88. The fraction of sp³-hybridized carbons (Fsp3) is 0.500. The first-order valence-electron chi connectivity index (χ1n) is 7.64. The number of fused-ring (bicyclic) bond motifs is 1. The first-order valence-corrected chi connectivity index (χ1v) is 7.64. The second-order valence-corrected chi connectivity index (χ2v) is 6.28. The Balaban J connectivity index is 1.71. The molecule has 5 nitrogen and oxygen atoms in total. The third-order valence-electron chi connectivity index (χ3n) is 4.17. The van der Waals surface area contributed by atoms with Crippen molar-refractivity contribution >= 4 is 16.7 Å². The van der Waals surface area contributed by atoms with Gasteiger partial charge in [0, 0.05) is 36.6 Å². The predicted octanol–water partition coefficient (Wildman–Crippen LogP) is 2.43. The van der Waals surface area contributed by atoms with Crippen LogP contribution in [-0.2, 0) is 4.74 Å². The highest BCUT2D eigenvalue weighted by Gasteiger charge is 2.29. The van der Waals surface area contributed by atoms with Crippen molar-refractivity contribution in [2.24, 2.45) is 0 Å². The number of benzene rings is 1. The molecule has 124 valence electrons. The topological polar surface area (TPSA) is 50.3 Å². The van der Waals surface area contributed by atoms with Crippen LogP contribution in [0.3, 0.4) is 0 Å². The van der Waals surface area contributed by atoms with Gasteiger partial charge in [0.15, 0.2) is 11.6 Å². The van der Waals surface area contributed by atoms with Crippen LogP contribution in [-0.4, -0.2) is 53.3 Å². The van der Waals surface area contributed by atoms with Crippen LogP contribution in [0.2, 0.25) is 0 Å².